The van der Waals surface area contributed by atoms with Crippen LogP contribution in [-0.4, -0.2) is 10.9 Å². The Morgan fingerprint density at radius 3 is 2.38 bits per heavy atom. The average molecular weight is 338 g/mol. The van der Waals surface area contributed by atoms with Crippen LogP contribution >= 0.6 is 11.6 Å². The summed E-state index contributed by atoms with van der Waals surface area (Å²) in [6.45, 7) is 2.04. The number of amides is 1. The number of aryl methyl sites for hydroxylation is 1. The molecule has 3 rings (SSSR count). The predicted molar refractivity (Wildman–Crippen MR) is 98.1 cm³/mol. The molecule has 0 bridgehead atoms. The molecule has 0 aliphatic heterocycles. The van der Waals surface area contributed by atoms with E-state index in [1.165, 1.54) is 5.56 Å². The van der Waals surface area contributed by atoms with Gasteiger partial charge in [-0.15, -0.1) is 0 Å². The largest absolute Gasteiger partial charge is 0.354 e. The summed E-state index contributed by atoms with van der Waals surface area (Å²) in [7, 11) is 0. The number of halogens is 1. The molecule has 0 radical (unpaired) electrons. The lowest BCUT2D eigenvalue weighted by Crippen LogP contribution is -2.14. The van der Waals surface area contributed by atoms with Crippen molar-refractivity contribution >= 4 is 34.6 Å². The van der Waals surface area contributed by atoms with Gasteiger partial charge in [-0.1, -0.05) is 41.4 Å². The monoisotopic (exact) mass is 337 g/mol. The van der Waals surface area contributed by atoms with E-state index < -0.39 is 0 Å². The quantitative estimate of drug-likeness (QED) is 0.656. The minimum atomic E-state index is -0.300. The van der Waals surface area contributed by atoms with Gasteiger partial charge in [-0.25, -0.2) is 4.98 Å². The first-order chi connectivity index (χ1) is 11.6. The van der Waals surface area contributed by atoms with Crippen LogP contribution in [0.3, 0.4) is 0 Å². The molecule has 1 heterocycles. The first kappa shape index (κ1) is 16.0. The van der Waals surface area contributed by atoms with Crippen molar-refractivity contribution in [2.75, 3.05) is 10.6 Å². The van der Waals surface area contributed by atoms with Crippen LogP contribution in [0.2, 0.25) is 5.15 Å². The third kappa shape index (κ3) is 3.73. The summed E-state index contributed by atoms with van der Waals surface area (Å²) >= 11 is 5.98. The normalized spacial score (nSPS) is 10.2. The van der Waals surface area contributed by atoms with Crippen molar-refractivity contribution in [1.82, 2.24) is 4.98 Å². The number of carbonyl (C=O) groups excluding carboxylic acids is 1. The van der Waals surface area contributed by atoms with Crippen molar-refractivity contribution in [2.45, 2.75) is 6.92 Å². The molecular weight excluding hydrogens is 322 g/mol. The highest BCUT2D eigenvalue weighted by Gasteiger charge is 2.12. The molecule has 3 aromatic rings. The van der Waals surface area contributed by atoms with Gasteiger partial charge in [-0.05, 0) is 43.3 Å². The zero-order valence-corrected chi connectivity index (χ0v) is 13.8. The number of carbonyl (C=O) groups is 1. The summed E-state index contributed by atoms with van der Waals surface area (Å²) in [5.74, 6) is -0.300. The number of nitrogens with zero attached hydrogens (tertiary/aromatic N) is 1. The topological polar surface area (TPSA) is 54.0 Å². The van der Waals surface area contributed by atoms with Gasteiger partial charge >= 0.3 is 0 Å². The van der Waals surface area contributed by atoms with Crippen molar-refractivity contribution in [3.8, 4) is 0 Å². The molecule has 120 valence electrons. The molecule has 2 aromatic carbocycles. The van der Waals surface area contributed by atoms with Crippen LogP contribution in [0.25, 0.3) is 0 Å². The van der Waals surface area contributed by atoms with Gasteiger partial charge in [0.15, 0.2) is 0 Å². The molecular formula is C19H16ClN3O. The summed E-state index contributed by atoms with van der Waals surface area (Å²) in [6, 6.07) is 18.9. The Bertz CT molecular complexity index is 862. The van der Waals surface area contributed by atoms with E-state index in [9.17, 15) is 4.79 Å². The Morgan fingerprint density at radius 2 is 1.67 bits per heavy atom. The standard InChI is InChI=1S/C19H16ClN3O/c1-13-8-10-14(11-9-13)22-16-6-2-3-7-17(16)23-19(24)15-5-4-12-21-18(15)20/h2-12,22H,1H3,(H,23,24). The van der Waals surface area contributed by atoms with Crippen molar-refractivity contribution < 1.29 is 4.79 Å². The molecule has 0 spiro atoms. The SMILES string of the molecule is Cc1ccc(Nc2ccccc2NC(=O)c2cccnc2Cl)cc1. The molecule has 0 aliphatic carbocycles. The van der Waals surface area contributed by atoms with Gasteiger partial charge in [-0.3, -0.25) is 4.79 Å². The molecule has 0 unspecified atom stereocenters. The number of hydrogen-bond acceptors (Lipinski definition) is 3. The number of benzene rings is 2. The van der Waals surface area contributed by atoms with Gasteiger partial charge in [0.1, 0.15) is 5.15 Å². The van der Waals surface area contributed by atoms with Crippen LogP contribution in [0.5, 0.6) is 0 Å². The van der Waals surface area contributed by atoms with Crippen molar-refractivity contribution in [3.05, 3.63) is 83.1 Å². The zero-order chi connectivity index (χ0) is 16.9. The smallest absolute Gasteiger partial charge is 0.258 e. The molecule has 0 saturated carbocycles. The number of anilines is 3. The molecule has 1 aromatic heterocycles. The number of aromatic nitrogens is 1. The van der Waals surface area contributed by atoms with Gasteiger partial charge < -0.3 is 10.6 Å². The van der Waals surface area contributed by atoms with E-state index in [1.807, 2.05) is 55.5 Å². The molecule has 0 aliphatic rings. The second-order valence-corrected chi connectivity index (χ2v) is 5.69. The summed E-state index contributed by atoms with van der Waals surface area (Å²) in [5.41, 5.74) is 3.94. The number of pyridine rings is 1. The zero-order valence-electron chi connectivity index (χ0n) is 13.1. The second kappa shape index (κ2) is 7.15. The minimum Gasteiger partial charge on any atom is -0.354 e. The number of nitrogens with one attached hydrogen (secondary N) is 2. The molecule has 1 amide bonds. The molecule has 4 nitrogen and oxygen atoms in total. The van der Waals surface area contributed by atoms with E-state index in [0.29, 0.717) is 11.3 Å². The number of hydrogen-bond donors (Lipinski definition) is 2. The maximum absolute atomic E-state index is 12.4. The summed E-state index contributed by atoms with van der Waals surface area (Å²) in [5, 5.41) is 6.36. The summed E-state index contributed by atoms with van der Waals surface area (Å²) in [4.78, 5) is 16.4. The fraction of sp³-hybridized carbons (Fsp3) is 0.0526. The number of para-hydroxylation sites is 2. The highest BCUT2D eigenvalue weighted by atomic mass is 35.5. The van der Waals surface area contributed by atoms with Gasteiger partial charge in [0, 0.05) is 11.9 Å². The first-order valence-electron chi connectivity index (χ1n) is 7.48. The van der Waals surface area contributed by atoms with E-state index in [4.69, 9.17) is 11.6 Å². The Morgan fingerprint density at radius 1 is 0.958 bits per heavy atom. The Hall–Kier alpha value is -2.85. The van der Waals surface area contributed by atoms with Gasteiger partial charge in [0.2, 0.25) is 0 Å². The van der Waals surface area contributed by atoms with Crippen molar-refractivity contribution in [1.29, 1.82) is 0 Å². The van der Waals surface area contributed by atoms with Gasteiger partial charge in [0.25, 0.3) is 5.91 Å². The minimum absolute atomic E-state index is 0.180. The fourth-order valence-corrected chi connectivity index (χ4v) is 2.44. The molecule has 0 fully saturated rings. The average Bonchev–Trinajstić information content (AvgIpc) is 2.59. The highest BCUT2D eigenvalue weighted by molar-refractivity contribution is 6.33. The van der Waals surface area contributed by atoms with Crippen LogP contribution in [0, 0.1) is 6.92 Å². The van der Waals surface area contributed by atoms with E-state index >= 15 is 0 Å². The van der Waals surface area contributed by atoms with Crippen LogP contribution in [-0.2, 0) is 0 Å². The molecule has 0 atom stereocenters. The maximum atomic E-state index is 12.4. The fourth-order valence-electron chi connectivity index (χ4n) is 2.24. The third-order valence-electron chi connectivity index (χ3n) is 3.51. The van der Waals surface area contributed by atoms with Crippen molar-refractivity contribution in [3.63, 3.8) is 0 Å². The Labute approximate surface area is 145 Å². The number of rotatable bonds is 4. The predicted octanol–water partition coefficient (Wildman–Crippen LogP) is 5.04. The van der Waals surface area contributed by atoms with Gasteiger partial charge in [0.05, 0.1) is 16.9 Å². The lowest BCUT2D eigenvalue weighted by molar-refractivity contribution is 0.102. The van der Waals surface area contributed by atoms with E-state index in [0.717, 1.165) is 11.4 Å². The van der Waals surface area contributed by atoms with E-state index in [2.05, 4.69) is 15.6 Å². The molecule has 24 heavy (non-hydrogen) atoms. The highest BCUT2D eigenvalue weighted by Crippen LogP contribution is 2.26. The second-order valence-electron chi connectivity index (χ2n) is 5.33. The van der Waals surface area contributed by atoms with E-state index in [-0.39, 0.29) is 11.1 Å². The molecule has 2 N–H and O–H groups in total. The Kier molecular flexibility index (Phi) is 4.77. The van der Waals surface area contributed by atoms with E-state index in [1.54, 1.807) is 18.3 Å². The third-order valence-corrected chi connectivity index (χ3v) is 3.81. The lowest BCUT2D eigenvalue weighted by atomic mass is 10.2. The summed E-state index contributed by atoms with van der Waals surface area (Å²) < 4.78 is 0. The lowest BCUT2D eigenvalue weighted by Gasteiger charge is -2.13. The van der Waals surface area contributed by atoms with Crippen LogP contribution < -0.4 is 10.6 Å². The van der Waals surface area contributed by atoms with Crippen LogP contribution in [0.15, 0.2) is 66.9 Å². The molecule has 5 heteroatoms. The van der Waals surface area contributed by atoms with Gasteiger partial charge in [-0.2, -0.15) is 0 Å². The summed E-state index contributed by atoms with van der Waals surface area (Å²) in [6.07, 6.45) is 1.55. The van der Waals surface area contributed by atoms with Crippen LogP contribution in [0.4, 0.5) is 17.1 Å². The first-order valence-corrected chi connectivity index (χ1v) is 7.86. The Balaban J connectivity index is 1.83. The van der Waals surface area contributed by atoms with Crippen LogP contribution in [0.1, 0.15) is 15.9 Å². The molecule has 0 saturated heterocycles. The maximum Gasteiger partial charge on any atom is 0.258 e. The van der Waals surface area contributed by atoms with Crippen molar-refractivity contribution in [2.24, 2.45) is 0 Å².